The van der Waals surface area contributed by atoms with Gasteiger partial charge in [-0.15, -0.1) is 0 Å². The summed E-state index contributed by atoms with van der Waals surface area (Å²) in [6.07, 6.45) is -0.767. The molecule has 0 spiro atoms. The number of rotatable bonds is 3. The second-order valence-electron chi connectivity index (χ2n) is 10.1. The fourth-order valence-corrected chi connectivity index (χ4v) is 5.89. The molecule has 0 aliphatic rings. The summed E-state index contributed by atoms with van der Waals surface area (Å²) in [7, 11) is 0. The summed E-state index contributed by atoms with van der Waals surface area (Å²) in [4.78, 5) is 4.15. The van der Waals surface area contributed by atoms with E-state index in [0.29, 0.717) is 0 Å². The van der Waals surface area contributed by atoms with Crippen LogP contribution < -0.4 is 0 Å². The van der Waals surface area contributed by atoms with Crippen molar-refractivity contribution in [3.05, 3.63) is 157 Å². The monoisotopic (exact) mass is 595 g/mol. The highest BCUT2D eigenvalue weighted by Crippen LogP contribution is 2.38. The first kappa shape index (κ1) is 11.8. The van der Waals surface area contributed by atoms with Crippen molar-refractivity contribution in [3.8, 4) is 17.1 Å². The van der Waals surface area contributed by atoms with Crippen molar-refractivity contribution in [2.24, 2.45) is 0 Å². The first-order valence-electron chi connectivity index (χ1n) is 24.1. The van der Waals surface area contributed by atoms with E-state index in [1.54, 1.807) is 30.3 Å². The van der Waals surface area contributed by atoms with Crippen LogP contribution in [0.5, 0.6) is 0 Å². The number of nitrogens with zero attached hydrogens (tertiary/aromatic N) is 4. The molecule has 0 fully saturated rings. The molecule has 4 nitrogen and oxygen atoms in total. The summed E-state index contributed by atoms with van der Waals surface area (Å²) in [6, 6.07) is -6.30. The van der Waals surface area contributed by atoms with Gasteiger partial charge < -0.3 is 9.13 Å². The average Bonchev–Trinajstić information content (AvgIpc) is 3.96. The third kappa shape index (κ3) is 3.39. The Morgan fingerprint density at radius 2 is 0.933 bits per heavy atom. The summed E-state index contributed by atoms with van der Waals surface area (Å²) in [6.45, 7) is 0. The van der Waals surface area contributed by atoms with Crippen molar-refractivity contribution in [1.29, 1.82) is 0 Å². The smallest absolute Gasteiger partial charge is 0.145 e. The van der Waals surface area contributed by atoms with Gasteiger partial charge in [0.15, 0.2) is 0 Å². The Balaban J connectivity index is 1.47. The molecule has 0 unspecified atom stereocenters. The molecule has 10 aromatic rings. The number of aromatic nitrogens is 4. The van der Waals surface area contributed by atoms with E-state index in [9.17, 15) is 11.0 Å². The second kappa shape index (κ2) is 9.18. The molecule has 45 heavy (non-hydrogen) atoms. The maximum absolute atomic E-state index is 9.90. The lowest BCUT2D eigenvalue weighted by molar-refractivity contribution is 1.13. The van der Waals surface area contributed by atoms with E-state index in [2.05, 4.69) is 4.98 Å². The molecule has 10 rings (SSSR count). The van der Waals surface area contributed by atoms with Crippen molar-refractivity contribution in [3.63, 3.8) is 0 Å². The van der Waals surface area contributed by atoms with Gasteiger partial charge in [0.05, 0.1) is 56.4 Å². The van der Waals surface area contributed by atoms with Gasteiger partial charge in [-0.1, -0.05) is 78.6 Å². The van der Waals surface area contributed by atoms with Crippen LogP contribution in [0.15, 0.2) is 157 Å². The summed E-state index contributed by atoms with van der Waals surface area (Å²) in [5, 5.41) is -2.00. The Labute approximate surface area is 288 Å². The van der Waals surface area contributed by atoms with Gasteiger partial charge in [0.25, 0.3) is 0 Å². The lowest BCUT2D eigenvalue weighted by Crippen LogP contribution is -1.97. The van der Waals surface area contributed by atoms with Crippen LogP contribution in [0.2, 0.25) is 0 Å². The van der Waals surface area contributed by atoms with E-state index < -0.39 is 171 Å². The Morgan fingerprint density at radius 1 is 0.400 bits per heavy atom. The van der Waals surface area contributed by atoms with Gasteiger partial charge in [-0.25, -0.2) is 4.98 Å². The van der Waals surface area contributed by atoms with Gasteiger partial charge in [0.1, 0.15) is 5.65 Å². The Bertz CT molecular complexity index is 3950. The molecular weight excluding hydrogens is 548 g/mol. The Morgan fingerprint density at radius 3 is 1.69 bits per heavy atom. The normalized spacial score (nSPS) is 18.5. The van der Waals surface area contributed by atoms with E-state index in [1.807, 2.05) is 0 Å². The topological polar surface area (TPSA) is 27.7 Å². The van der Waals surface area contributed by atoms with Crippen LogP contribution >= 0.6 is 0 Å². The number of fused-ring (bicyclic) bond motifs is 9. The number of hydrogen-bond acceptors (Lipinski definition) is 1. The van der Waals surface area contributed by atoms with Crippen LogP contribution in [-0.4, -0.2) is 18.7 Å². The van der Waals surface area contributed by atoms with Crippen LogP contribution in [0, 0.1) is 0 Å². The van der Waals surface area contributed by atoms with E-state index in [-0.39, 0.29) is 38.3 Å². The van der Waals surface area contributed by atoms with Crippen molar-refractivity contribution in [1.82, 2.24) is 18.7 Å². The molecule has 4 aromatic heterocycles. The zero-order valence-electron chi connectivity index (χ0n) is 43.7. The highest BCUT2D eigenvalue weighted by atomic mass is 15.1. The minimum Gasteiger partial charge on any atom is -0.309 e. The van der Waals surface area contributed by atoms with Crippen LogP contribution in [0.4, 0.5) is 0 Å². The molecule has 0 amide bonds. The Hall–Kier alpha value is -6.13. The fraction of sp³-hybridized carbons (Fsp3) is 0. The maximum Gasteiger partial charge on any atom is 0.145 e. The molecule has 0 atom stereocenters. The number of para-hydroxylation sites is 4. The third-order valence-electron chi connectivity index (χ3n) is 7.73. The van der Waals surface area contributed by atoms with Crippen LogP contribution in [0.3, 0.4) is 0 Å². The highest BCUT2D eigenvalue weighted by molar-refractivity contribution is 6.13. The average molecular weight is 596 g/mol. The summed E-state index contributed by atoms with van der Waals surface area (Å²) >= 11 is 0. The van der Waals surface area contributed by atoms with Crippen molar-refractivity contribution in [2.75, 3.05) is 0 Å². The van der Waals surface area contributed by atoms with Crippen molar-refractivity contribution < 1.29 is 28.8 Å². The SMILES string of the molecule is [2H]c1nc2c(c([2H])c1[2H])c1c([2H])c([2H])c([2H])c([2H])c1n2-c1c([2H])c([2H])c2c(c1[2H])c1c([2H])c([2H])c([2H])c([2H])c1n2-c1c([2H])c([2H])c2c3c([2H])c([2H])c([2H])c([2H])c3n(-c3ccccc3)c2c1[2H]. The summed E-state index contributed by atoms with van der Waals surface area (Å²) in [5.41, 5.74) is -3.20. The van der Waals surface area contributed by atoms with Gasteiger partial charge in [-0.3, -0.25) is 4.57 Å². The van der Waals surface area contributed by atoms with E-state index >= 15 is 0 Å². The van der Waals surface area contributed by atoms with Gasteiger partial charge >= 0.3 is 0 Å². The van der Waals surface area contributed by atoms with Crippen LogP contribution in [0.1, 0.15) is 28.8 Å². The van der Waals surface area contributed by atoms with E-state index in [1.165, 1.54) is 4.57 Å². The molecule has 0 saturated carbocycles. The highest BCUT2D eigenvalue weighted by Gasteiger charge is 2.18. The summed E-state index contributed by atoms with van der Waals surface area (Å²) < 4.78 is 192. The van der Waals surface area contributed by atoms with E-state index in [0.717, 1.165) is 9.13 Å². The molecule has 4 heteroatoms. The Kier molecular flexibility index (Phi) is 2.40. The molecule has 0 N–H and O–H groups in total. The van der Waals surface area contributed by atoms with Gasteiger partial charge in [0.2, 0.25) is 0 Å². The fourth-order valence-electron chi connectivity index (χ4n) is 5.89. The standard InChI is InChI=1S/C41H26N4/c1-2-11-27(12-3-1)43-36-17-7-4-13-30(36)33-22-20-29(26-40(33)43)44-37-18-8-6-15-32(37)35-25-28(21-23-39(35)44)45-38-19-9-5-14-31(38)34-16-10-24-42-41(34)45/h1-26H/i4D,5D,6D,7D,8D,9D,10D,13D,14D,15D,16D,17D,18D,19D,20D,21D,22D,23D,24D,25D,26D. The molecule has 0 radical (unpaired) electrons. The van der Waals surface area contributed by atoms with Crippen LogP contribution in [-0.2, 0) is 0 Å². The minimum atomic E-state index is -0.875. The molecule has 0 saturated heterocycles. The lowest BCUT2D eigenvalue weighted by Gasteiger charge is -2.12. The second-order valence-corrected chi connectivity index (χ2v) is 10.1. The zero-order chi connectivity index (χ0) is 47.8. The number of hydrogen-bond donors (Lipinski definition) is 0. The van der Waals surface area contributed by atoms with Crippen molar-refractivity contribution >= 4 is 65.5 Å². The van der Waals surface area contributed by atoms with Crippen molar-refractivity contribution in [2.45, 2.75) is 0 Å². The quantitative estimate of drug-likeness (QED) is 0.200. The zero-order valence-corrected chi connectivity index (χ0v) is 22.7. The van der Waals surface area contributed by atoms with Gasteiger partial charge in [0, 0.05) is 55.6 Å². The van der Waals surface area contributed by atoms with E-state index in [4.69, 9.17) is 17.8 Å². The molecule has 0 aliphatic heterocycles. The largest absolute Gasteiger partial charge is 0.309 e. The molecule has 0 bridgehead atoms. The molecule has 210 valence electrons. The predicted octanol–water partition coefficient (Wildman–Crippen LogP) is 10.4. The molecule has 6 aromatic carbocycles. The molecule has 0 aliphatic carbocycles. The van der Waals surface area contributed by atoms with Gasteiger partial charge in [-0.05, 0) is 72.6 Å². The lowest BCUT2D eigenvalue weighted by atomic mass is 10.1. The van der Waals surface area contributed by atoms with Gasteiger partial charge in [-0.2, -0.15) is 0 Å². The summed E-state index contributed by atoms with van der Waals surface area (Å²) in [5.74, 6) is 0. The first-order valence-corrected chi connectivity index (χ1v) is 13.6. The first-order chi connectivity index (χ1) is 31.1. The maximum atomic E-state index is 9.90. The van der Waals surface area contributed by atoms with Crippen LogP contribution in [0.25, 0.3) is 82.6 Å². The number of pyridine rings is 1. The molecule has 4 heterocycles. The molecular formula is C41H26N4. The minimum absolute atomic E-state index is 0.139. The third-order valence-corrected chi connectivity index (χ3v) is 7.73. The predicted molar refractivity (Wildman–Crippen MR) is 187 cm³/mol. The number of benzene rings is 6.